The van der Waals surface area contributed by atoms with E-state index in [0.717, 1.165) is 38.3 Å². The molecular formula is C22H28N4O3. The quantitative estimate of drug-likeness (QED) is 0.529. The standard InChI is InChI=1S/C22H28N4O3/c1-2-29-21-16-18(8-9-20(21)27)17-23-24-22(28)10-11-25-12-14-26(15-13-25)19-6-4-3-5-7-19/h3-9,16-17,27H,2,10-15H2,1H3,(H,24,28)/b23-17+. The third-order valence-electron chi connectivity index (χ3n) is 4.84. The van der Waals surface area contributed by atoms with Gasteiger partial charge in [0.05, 0.1) is 12.8 Å². The van der Waals surface area contributed by atoms with Crippen molar-refractivity contribution < 1.29 is 14.6 Å². The predicted octanol–water partition coefficient (Wildman–Crippen LogP) is 2.45. The van der Waals surface area contributed by atoms with Gasteiger partial charge in [-0.25, -0.2) is 5.43 Å². The zero-order valence-electron chi connectivity index (χ0n) is 16.8. The second-order valence-corrected chi connectivity index (χ2v) is 6.87. The molecule has 2 N–H and O–H groups in total. The summed E-state index contributed by atoms with van der Waals surface area (Å²) in [6, 6.07) is 15.3. The van der Waals surface area contributed by atoms with Crippen LogP contribution in [0.25, 0.3) is 0 Å². The third kappa shape index (κ3) is 6.22. The van der Waals surface area contributed by atoms with Gasteiger partial charge < -0.3 is 14.7 Å². The molecule has 1 aliphatic heterocycles. The molecule has 7 nitrogen and oxygen atoms in total. The molecule has 0 radical (unpaired) electrons. The topological polar surface area (TPSA) is 77.4 Å². The number of ether oxygens (including phenoxy) is 1. The van der Waals surface area contributed by atoms with Gasteiger partial charge >= 0.3 is 0 Å². The van der Waals surface area contributed by atoms with E-state index in [0.29, 0.717) is 18.8 Å². The van der Waals surface area contributed by atoms with E-state index in [1.54, 1.807) is 24.4 Å². The van der Waals surface area contributed by atoms with Gasteiger partial charge in [-0.15, -0.1) is 0 Å². The fourth-order valence-corrected chi connectivity index (χ4v) is 3.24. The highest BCUT2D eigenvalue weighted by Crippen LogP contribution is 2.26. The number of aromatic hydroxyl groups is 1. The summed E-state index contributed by atoms with van der Waals surface area (Å²) in [5.74, 6) is 0.369. The summed E-state index contributed by atoms with van der Waals surface area (Å²) in [5, 5.41) is 13.7. The smallest absolute Gasteiger partial charge is 0.241 e. The van der Waals surface area contributed by atoms with Crippen molar-refractivity contribution in [1.82, 2.24) is 10.3 Å². The van der Waals surface area contributed by atoms with Crippen molar-refractivity contribution in [3.63, 3.8) is 0 Å². The normalized spacial score (nSPS) is 14.9. The van der Waals surface area contributed by atoms with Crippen LogP contribution in [0.15, 0.2) is 53.6 Å². The molecule has 0 spiro atoms. The highest BCUT2D eigenvalue weighted by Gasteiger charge is 2.17. The van der Waals surface area contributed by atoms with Gasteiger partial charge in [0, 0.05) is 44.8 Å². The Balaban J connectivity index is 1.38. The van der Waals surface area contributed by atoms with E-state index >= 15 is 0 Å². The summed E-state index contributed by atoms with van der Waals surface area (Å²) < 4.78 is 5.34. The molecule has 0 bridgehead atoms. The maximum atomic E-state index is 12.1. The van der Waals surface area contributed by atoms with Gasteiger partial charge in [-0.05, 0) is 42.8 Å². The number of benzene rings is 2. The molecule has 0 aliphatic carbocycles. The van der Waals surface area contributed by atoms with Crippen LogP contribution in [-0.4, -0.2) is 61.5 Å². The first kappa shape index (κ1) is 20.7. The number of nitrogens with one attached hydrogen (secondary N) is 1. The molecule has 29 heavy (non-hydrogen) atoms. The number of amides is 1. The lowest BCUT2D eigenvalue weighted by Gasteiger charge is -2.36. The van der Waals surface area contributed by atoms with Gasteiger partial charge in [-0.2, -0.15) is 5.10 Å². The van der Waals surface area contributed by atoms with Crippen LogP contribution in [0.1, 0.15) is 18.9 Å². The molecule has 7 heteroatoms. The average molecular weight is 396 g/mol. The molecule has 1 aliphatic rings. The van der Waals surface area contributed by atoms with Crippen molar-refractivity contribution in [3.05, 3.63) is 54.1 Å². The maximum absolute atomic E-state index is 12.1. The zero-order chi connectivity index (χ0) is 20.5. The number of hydrogen-bond acceptors (Lipinski definition) is 6. The third-order valence-corrected chi connectivity index (χ3v) is 4.84. The second-order valence-electron chi connectivity index (χ2n) is 6.87. The molecule has 0 saturated carbocycles. The van der Waals surface area contributed by atoms with Gasteiger partial charge in [0.1, 0.15) is 0 Å². The number of hydrogen-bond donors (Lipinski definition) is 2. The van der Waals surface area contributed by atoms with E-state index in [-0.39, 0.29) is 11.7 Å². The second kappa shape index (κ2) is 10.5. The van der Waals surface area contributed by atoms with Crippen LogP contribution in [0, 0.1) is 0 Å². The Labute approximate surface area is 171 Å². The molecule has 154 valence electrons. The van der Waals surface area contributed by atoms with Crippen LogP contribution in [-0.2, 0) is 4.79 Å². The van der Waals surface area contributed by atoms with Gasteiger partial charge in [0.2, 0.25) is 5.91 Å². The van der Waals surface area contributed by atoms with Crippen LogP contribution < -0.4 is 15.1 Å². The molecule has 1 amide bonds. The zero-order valence-corrected chi connectivity index (χ0v) is 16.8. The number of carbonyl (C=O) groups is 1. The van der Waals surface area contributed by atoms with Crippen LogP contribution in [0.2, 0.25) is 0 Å². The highest BCUT2D eigenvalue weighted by molar-refractivity contribution is 5.83. The molecule has 2 aromatic rings. The molecule has 0 aromatic heterocycles. The van der Waals surface area contributed by atoms with E-state index in [4.69, 9.17) is 4.74 Å². The fraction of sp³-hybridized carbons (Fsp3) is 0.364. The summed E-state index contributed by atoms with van der Waals surface area (Å²) in [4.78, 5) is 16.7. The molecule has 0 atom stereocenters. The fourth-order valence-electron chi connectivity index (χ4n) is 3.24. The predicted molar refractivity (Wildman–Crippen MR) is 115 cm³/mol. The highest BCUT2D eigenvalue weighted by atomic mass is 16.5. The van der Waals surface area contributed by atoms with Gasteiger partial charge in [0.25, 0.3) is 0 Å². The molecular weight excluding hydrogens is 368 g/mol. The van der Waals surface area contributed by atoms with Crippen LogP contribution >= 0.6 is 0 Å². The Bertz CT molecular complexity index is 818. The minimum atomic E-state index is -0.115. The van der Waals surface area contributed by atoms with E-state index in [2.05, 4.69) is 44.6 Å². The summed E-state index contributed by atoms with van der Waals surface area (Å²) in [6.45, 7) is 6.85. The number of piperazine rings is 1. The first-order valence-corrected chi connectivity index (χ1v) is 9.96. The maximum Gasteiger partial charge on any atom is 0.241 e. The number of para-hydroxylation sites is 1. The lowest BCUT2D eigenvalue weighted by molar-refractivity contribution is -0.121. The largest absolute Gasteiger partial charge is 0.504 e. The number of phenols is 1. The minimum Gasteiger partial charge on any atom is -0.504 e. The minimum absolute atomic E-state index is 0.0837. The molecule has 3 rings (SSSR count). The van der Waals surface area contributed by atoms with Crippen LogP contribution in [0.3, 0.4) is 0 Å². The Morgan fingerprint density at radius 3 is 2.66 bits per heavy atom. The number of anilines is 1. The number of phenolic OH excluding ortho intramolecular Hbond substituents is 1. The Morgan fingerprint density at radius 1 is 1.17 bits per heavy atom. The van der Waals surface area contributed by atoms with Crippen molar-refractivity contribution in [1.29, 1.82) is 0 Å². The number of carbonyl (C=O) groups excluding carboxylic acids is 1. The van der Waals surface area contributed by atoms with Gasteiger partial charge in [-0.3, -0.25) is 9.69 Å². The van der Waals surface area contributed by atoms with Crippen LogP contribution in [0.4, 0.5) is 5.69 Å². The van der Waals surface area contributed by atoms with Crippen molar-refractivity contribution in [2.45, 2.75) is 13.3 Å². The molecule has 1 heterocycles. The Hall–Kier alpha value is -3.06. The van der Waals surface area contributed by atoms with Gasteiger partial charge in [0.15, 0.2) is 11.5 Å². The number of rotatable bonds is 8. The summed E-state index contributed by atoms with van der Waals surface area (Å²) in [6.07, 6.45) is 1.95. The summed E-state index contributed by atoms with van der Waals surface area (Å²) in [5.41, 5.74) is 4.55. The lowest BCUT2D eigenvalue weighted by atomic mass is 10.2. The van der Waals surface area contributed by atoms with Crippen molar-refractivity contribution in [3.8, 4) is 11.5 Å². The first-order valence-electron chi connectivity index (χ1n) is 9.96. The van der Waals surface area contributed by atoms with Gasteiger partial charge in [-0.1, -0.05) is 18.2 Å². The van der Waals surface area contributed by atoms with E-state index in [1.165, 1.54) is 5.69 Å². The van der Waals surface area contributed by atoms with Crippen molar-refractivity contribution in [2.24, 2.45) is 5.10 Å². The van der Waals surface area contributed by atoms with Crippen molar-refractivity contribution >= 4 is 17.8 Å². The SMILES string of the molecule is CCOc1cc(/C=N/NC(=O)CCN2CCN(c3ccccc3)CC2)ccc1O. The van der Waals surface area contributed by atoms with Crippen molar-refractivity contribution in [2.75, 3.05) is 44.2 Å². The Morgan fingerprint density at radius 2 is 1.93 bits per heavy atom. The number of hydrazone groups is 1. The monoisotopic (exact) mass is 396 g/mol. The Kier molecular flexibility index (Phi) is 7.47. The molecule has 1 fully saturated rings. The van der Waals surface area contributed by atoms with E-state index < -0.39 is 0 Å². The summed E-state index contributed by atoms with van der Waals surface area (Å²) in [7, 11) is 0. The molecule has 0 unspecified atom stereocenters. The van der Waals surface area contributed by atoms with E-state index in [9.17, 15) is 9.90 Å². The summed E-state index contributed by atoms with van der Waals surface area (Å²) >= 11 is 0. The van der Waals surface area contributed by atoms with E-state index in [1.807, 2.05) is 13.0 Å². The average Bonchev–Trinajstić information content (AvgIpc) is 2.76. The first-order chi connectivity index (χ1) is 14.2. The lowest BCUT2D eigenvalue weighted by Crippen LogP contribution is -2.47. The molecule has 1 saturated heterocycles. The van der Waals surface area contributed by atoms with Crippen LogP contribution in [0.5, 0.6) is 11.5 Å². The number of nitrogens with zero attached hydrogens (tertiary/aromatic N) is 3. The molecule has 2 aromatic carbocycles.